The highest BCUT2D eigenvalue weighted by Gasteiger charge is 2.35. The van der Waals surface area contributed by atoms with Crippen LogP contribution in [0.25, 0.3) is 0 Å². The summed E-state index contributed by atoms with van der Waals surface area (Å²) in [5, 5.41) is 3.54. The maximum Gasteiger partial charge on any atom is 0.251 e. The first-order chi connectivity index (χ1) is 12.0. The Kier molecular flexibility index (Phi) is 5.49. The number of nitrogens with zero attached hydrogens (tertiary/aromatic N) is 2. The van der Waals surface area contributed by atoms with Gasteiger partial charge in [0, 0.05) is 43.3 Å². The van der Waals surface area contributed by atoms with E-state index in [0.29, 0.717) is 16.3 Å². The smallest absolute Gasteiger partial charge is 0.251 e. The topological polar surface area (TPSA) is 61.9 Å². The molecule has 6 nitrogen and oxygen atoms in total. The van der Waals surface area contributed by atoms with Gasteiger partial charge >= 0.3 is 0 Å². The van der Waals surface area contributed by atoms with Crippen LogP contribution in [0.1, 0.15) is 29.6 Å². The molecule has 2 aliphatic heterocycles. The summed E-state index contributed by atoms with van der Waals surface area (Å²) >= 11 is 6.03. The summed E-state index contributed by atoms with van der Waals surface area (Å²) < 4.78 is 5.16. The normalized spacial score (nSPS) is 22.3. The quantitative estimate of drug-likeness (QED) is 0.883. The van der Waals surface area contributed by atoms with Crippen molar-refractivity contribution in [2.45, 2.75) is 31.3 Å². The van der Waals surface area contributed by atoms with E-state index in [4.69, 9.17) is 16.3 Å². The third-order valence-electron chi connectivity index (χ3n) is 5.07. The zero-order valence-corrected chi connectivity index (χ0v) is 15.4. The summed E-state index contributed by atoms with van der Waals surface area (Å²) in [5.74, 6) is 0.640. The minimum Gasteiger partial charge on any atom is -0.497 e. The number of rotatable bonds is 4. The molecule has 2 fully saturated rings. The molecule has 1 aromatic carbocycles. The van der Waals surface area contributed by atoms with Crippen molar-refractivity contribution >= 4 is 23.4 Å². The summed E-state index contributed by atoms with van der Waals surface area (Å²) in [6.45, 7) is 2.49. The lowest BCUT2D eigenvalue weighted by Crippen LogP contribution is -2.50. The molecule has 2 aliphatic rings. The number of halogens is 1. The van der Waals surface area contributed by atoms with Crippen LogP contribution in [-0.2, 0) is 4.79 Å². The molecular formula is C18H24ClN3O3. The molecule has 1 atom stereocenters. The molecule has 0 spiro atoms. The molecule has 3 rings (SSSR count). The van der Waals surface area contributed by atoms with Crippen molar-refractivity contribution in [3.05, 3.63) is 28.8 Å². The zero-order valence-electron chi connectivity index (χ0n) is 14.6. The largest absolute Gasteiger partial charge is 0.497 e. The van der Waals surface area contributed by atoms with E-state index in [1.807, 2.05) is 7.05 Å². The number of carbonyl (C=O) groups is 2. The number of hydrogen-bond acceptors (Lipinski definition) is 4. The van der Waals surface area contributed by atoms with Crippen molar-refractivity contribution in [1.82, 2.24) is 15.1 Å². The first-order valence-corrected chi connectivity index (χ1v) is 9.00. The van der Waals surface area contributed by atoms with Gasteiger partial charge in [-0.3, -0.25) is 14.5 Å². The van der Waals surface area contributed by atoms with Crippen LogP contribution in [0, 0.1) is 0 Å². The Balaban J connectivity index is 1.54. The van der Waals surface area contributed by atoms with Gasteiger partial charge in [-0.15, -0.1) is 0 Å². The number of benzene rings is 1. The molecule has 7 heteroatoms. The minimum atomic E-state index is -0.143. The van der Waals surface area contributed by atoms with Crippen LogP contribution >= 0.6 is 11.6 Å². The zero-order chi connectivity index (χ0) is 18.0. The van der Waals surface area contributed by atoms with Crippen molar-refractivity contribution < 1.29 is 14.3 Å². The van der Waals surface area contributed by atoms with Crippen LogP contribution in [0.3, 0.4) is 0 Å². The molecule has 136 valence electrons. The Hall–Kier alpha value is -1.79. The van der Waals surface area contributed by atoms with Gasteiger partial charge < -0.3 is 15.0 Å². The molecule has 0 aromatic heterocycles. The Morgan fingerprint density at radius 1 is 1.20 bits per heavy atom. The summed E-state index contributed by atoms with van der Waals surface area (Å²) in [7, 11) is 3.40. The third kappa shape index (κ3) is 4.07. The molecule has 2 amide bonds. The molecular weight excluding hydrogens is 342 g/mol. The van der Waals surface area contributed by atoms with Crippen LogP contribution in [0.4, 0.5) is 0 Å². The number of likely N-dealkylation sites (N-methyl/N-ethyl adjacent to an activating group) is 1. The fourth-order valence-corrected chi connectivity index (χ4v) is 3.80. The van der Waals surface area contributed by atoms with Crippen LogP contribution < -0.4 is 10.1 Å². The van der Waals surface area contributed by atoms with Crippen molar-refractivity contribution in [3.63, 3.8) is 0 Å². The van der Waals surface area contributed by atoms with Crippen LogP contribution in [0.15, 0.2) is 18.2 Å². The van der Waals surface area contributed by atoms with Crippen molar-refractivity contribution in [3.8, 4) is 5.75 Å². The molecule has 2 heterocycles. The van der Waals surface area contributed by atoms with Gasteiger partial charge in [-0.05, 0) is 37.5 Å². The molecule has 2 saturated heterocycles. The van der Waals surface area contributed by atoms with Crippen molar-refractivity contribution in [2.75, 3.05) is 33.8 Å². The maximum absolute atomic E-state index is 12.5. The van der Waals surface area contributed by atoms with Gasteiger partial charge in [-0.25, -0.2) is 0 Å². The van der Waals surface area contributed by atoms with Gasteiger partial charge in [0.15, 0.2) is 0 Å². The predicted molar refractivity (Wildman–Crippen MR) is 96.1 cm³/mol. The van der Waals surface area contributed by atoms with Gasteiger partial charge in [-0.1, -0.05) is 11.6 Å². The first-order valence-electron chi connectivity index (χ1n) is 8.62. The van der Waals surface area contributed by atoms with Crippen molar-refractivity contribution in [2.24, 2.45) is 0 Å². The SMILES string of the molecule is COc1cc(Cl)cc(C(=O)NC2CCN(C3CCN(C)C3=O)CC2)c1. The van der Waals surface area contributed by atoms with E-state index in [0.717, 1.165) is 38.9 Å². The van der Waals surface area contributed by atoms with Gasteiger partial charge in [0.05, 0.1) is 13.2 Å². The number of methoxy groups -OCH3 is 1. The molecule has 1 unspecified atom stereocenters. The Morgan fingerprint density at radius 2 is 1.92 bits per heavy atom. The third-order valence-corrected chi connectivity index (χ3v) is 5.29. The highest BCUT2D eigenvalue weighted by Crippen LogP contribution is 2.23. The number of carbonyl (C=O) groups excluding carboxylic acids is 2. The predicted octanol–water partition coefficient (Wildman–Crippen LogP) is 1.77. The monoisotopic (exact) mass is 365 g/mol. The van der Waals surface area contributed by atoms with E-state index in [9.17, 15) is 9.59 Å². The van der Waals surface area contributed by atoms with Gasteiger partial charge in [0.2, 0.25) is 5.91 Å². The Bertz CT molecular complexity index is 659. The number of likely N-dealkylation sites (tertiary alicyclic amines) is 2. The van der Waals surface area contributed by atoms with Crippen LogP contribution in [0.5, 0.6) is 5.75 Å². The maximum atomic E-state index is 12.5. The fourth-order valence-electron chi connectivity index (χ4n) is 3.58. The second kappa shape index (κ2) is 7.62. The average molecular weight is 366 g/mol. The highest BCUT2D eigenvalue weighted by molar-refractivity contribution is 6.31. The minimum absolute atomic E-state index is 0.0128. The fraction of sp³-hybridized carbons (Fsp3) is 0.556. The number of amides is 2. The van der Waals surface area contributed by atoms with Crippen molar-refractivity contribution in [1.29, 1.82) is 0 Å². The van der Waals surface area contributed by atoms with E-state index < -0.39 is 0 Å². The van der Waals surface area contributed by atoms with E-state index in [-0.39, 0.29) is 23.9 Å². The lowest BCUT2D eigenvalue weighted by atomic mass is 10.0. The lowest BCUT2D eigenvalue weighted by Gasteiger charge is -2.35. The Labute approximate surface area is 153 Å². The number of hydrogen-bond donors (Lipinski definition) is 1. The number of nitrogens with one attached hydrogen (secondary N) is 1. The molecule has 1 aromatic rings. The number of ether oxygens (including phenoxy) is 1. The summed E-state index contributed by atoms with van der Waals surface area (Å²) in [5.41, 5.74) is 0.499. The first kappa shape index (κ1) is 18.0. The highest BCUT2D eigenvalue weighted by atomic mass is 35.5. The van der Waals surface area contributed by atoms with Gasteiger partial charge in [-0.2, -0.15) is 0 Å². The summed E-state index contributed by atoms with van der Waals surface area (Å²) in [6, 6.07) is 5.12. The summed E-state index contributed by atoms with van der Waals surface area (Å²) in [6.07, 6.45) is 2.59. The molecule has 0 radical (unpaired) electrons. The van der Waals surface area contributed by atoms with E-state index >= 15 is 0 Å². The Morgan fingerprint density at radius 3 is 2.52 bits per heavy atom. The van der Waals surface area contributed by atoms with Crippen LogP contribution in [-0.4, -0.2) is 67.5 Å². The standard InChI is InChI=1S/C18H24ClN3O3/c1-21-6-5-16(18(21)24)22-7-3-14(4-8-22)20-17(23)12-9-13(19)11-15(10-12)25-2/h9-11,14,16H,3-8H2,1-2H3,(H,20,23). The molecule has 25 heavy (non-hydrogen) atoms. The second-order valence-electron chi connectivity index (χ2n) is 6.73. The molecule has 0 bridgehead atoms. The molecule has 0 saturated carbocycles. The second-order valence-corrected chi connectivity index (χ2v) is 7.16. The van der Waals surface area contributed by atoms with Crippen LogP contribution in [0.2, 0.25) is 5.02 Å². The molecule has 1 N–H and O–H groups in total. The molecule has 0 aliphatic carbocycles. The van der Waals surface area contributed by atoms with E-state index in [2.05, 4.69) is 10.2 Å². The van der Waals surface area contributed by atoms with E-state index in [1.54, 1.807) is 30.2 Å². The van der Waals surface area contributed by atoms with Gasteiger partial charge in [0.1, 0.15) is 5.75 Å². The average Bonchev–Trinajstić information content (AvgIpc) is 2.94. The number of piperidine rings is 1. The van der Waals surface area contributed by atoms with Gasteiger partial charge in [0.25, 0.3) is 5.91 Å². The lowest BCUT2D eigenvalue weighted by molar-refractivity contribution is -0.131. The van der Waals surface area contributed by atoms with E-state index in [1.165, 1.54) is 0 Å². The summed E-state index contributed by atoms with van der Waals surface area (Å²) in [4.78, 5) is 28.6.